The zero-order chi connectivity index (χ0) is 26.7. The van der Waals surface area contributed by atoms with Crippen LogP contribution in [0.4, 0.5) is 17.5 Å². The van der Waals surface area contributed by atoms with Gasteiger partial charge in [-0.15, -0.1) is 0 Å². The number of aromatic nitrogens is 4. The summed E-state index contributed by atoms with van der Waals surface area (Å²) in [5, 5.41) is 24.0. The molecule has 11 heteroatoms. The summed E-state index contributed by atoms with van der Waals surface area (Å²) in [5.41, 5.74) is 2.65. The van der Waals surface area contributed by atoms with E-state index in [-0.39, 0.29) is 17.6 Å². The predicted octanol–water partition coefficient (Wildman–Crippen LogP) is 3.89. The molecule has 4 N–H and O–H groups in total. The molecule has 1 amide bonds. The van der Waals surface area contributed by atoms with E-state index in [0.29, 0.717) is 41.6 Å². The summed E-state index contributed by atoms with van der Waals surface area (Å²) in [6.45, 7) is 8.71. The number of nitrogens with one attached hydrogen (secondary N) is 3. The van der Waals surface area contributed by atoms with Gasteiger partial charge >= 0.3 is 0 Å². The Balaban J connectivity index is 1.61. The second kappa shape index (κ2) is 10.5. The average molecular weight is 505 g/mol. The Kier molecular flexibility index (Phi) is 7.35. The molecule has 11 nitrogen and oxygen atoms in total. The number of anilines is 3. The number of hydrogen-bond acceptors (Lipinski definition) is 10. The molecule has 0 bridgehead atoms. The zero-order valence-electron chi connectivity index (χ0n) is 21.7. The lowest BCUT2D eigenvalue weighted by molar-refractivity contribution is 0.0977. The maximum absolute atomic E-state index is 12.9. The van der Waals surface area contributed by atoms with Gasteiger partial charge in [-0.2, -0.15) is 0 Å². The number of benzene rings is 1. The van der Waals surface area contributed by atoms with Crippen molar-refractivity contribution in [2.45, 2.75) is 40.2 Å². The van der Waals surface area contributed by atoms with Crippen LogP contribution in [0.2, 0.25) is 0 Å². The largest absolute Gasteiger partial charge is 0.512 e. The Bertz CT molecular complexity index is 1360. The number of aliphatic hydroxyl groups is 1. The number of hydrogen-bond donors (Lipinski definition) is 4. The highest BCUT2D eigenvalue weighted by Gasteiger charge is 2.20. The van der Waals surface area contributed by atoms with Gasteiger partial charge in [0.2, 0.25) is 5.95 Å². The molecule has 37 heavy (non-hydrogen) atoms. The van der Waals surface area contributed by atoms with E-state index < -0.39 is 11.3 Å². The van der Waals surface area contributed by atoms with Crippen molar-refractivity contribution in [3.05, 3.63) is 53.7 Å². The number of ether oxygens (including phenoxy) is 1. The van der Waals surface area contributed by atoms with E-state index in [9.17, 15) is 9.90 Å². The highest BCUT2D eigenvalue weighted by Crippen LogP contribution is 2.30. The quantitative estimate of drug-likeness (QED) is 0.223. The molecule has 1 unspecified atom stereocenters. The molecule has 0 aliphatic carbocycles. The first-order valence-corrected chi connectivity index (χ1v) is 12.0. The van der Waals surface area contributed by atoms with Gasteiger partial charge in [0, 0.05) is 36.4 Å². The molecule has 0 saturated carbocycles. The van der Waals surface area contributed by atoms with E-state index in [4.69, 9.17) is 10.1 Å². The van der Waals surface area contributed by atoms with Gasteiger partial charge in [0.15, 0.2) is 5.82 Å². The molecular weight excluding hydrogens is 472 g/mol. The molecule has 3 aromatic rings. The number of aliphatic hydroxyl groups excluding tert-OH is 1. The highest BCUT2D eigenvalue weighted by molar-refractivity contribution is 6.09. The number of allylic oxidation sites excluding steroid dienone is 1. The van der Waals surface area contributed by atoms with E-state index in [2.05, 4.69) is 30.6 Å². The molecule has 1 aromatic carbocycles. The fraction of sp³-hybridized carbons (Fsp3) is 0.385. The fourth-order valence-corrected chi connectivity index (χ4v) is 3.80. The number of aryl methyl sites for hydroxylation is 1. The number of carbonyl (C=O) groups is 1. The minimum atomic E-state index is -0.527. The molecule has 0 spiro atoms. The van der Waals surface area contributed by atoms with Gasteiger partial charge in [0.1, 0.15) is 29.0 Å². The Labute approximate surface area is 215 Å². The van der Waals surface area contributed by atoms with Crippen LogP contribution in [0.1, 0.15) is 43.1 Å². The molecule has 194 valence electrons. The molecule has 1 aliphatic heterocycles. The molecule has 2 aromatic heterocycles. The normalized spacial score (nSPS) is 16.0. The van der Waals surface area contributed by atoms with Crippen LogP contribution >= 0.6 is 0 Å². The van der Waals surface area contributed by atoms with Gasteiger partial charge in [0.25, 0.3) is 5.91 Å². The van der Waals surface area contributed by atoms with Crippen molar-refractivity contribution >= 4 is 40.2 Å². The maximum atomic E-state index is 12.9. The Hall–Kier alpha value is -4.12. The number of amidine groups is 1. The molecule has 3 heterocycles. The first kappa shape index (κ1) is 26.0. The van der Waals surface area contributed by atoms with Crippen LogP contribution in [-0.4, -0.2) is 63.1 Å². The predicted molar refractivity (Wildman–Crippen MR) is 143 cm³/mol. The van der Waals surface area contributed by atoms with Crippen LogP contribution in [0.5, 0.6) is 0 Å². The smallest absolute Gasteiger partial charge is 0.256 e. The fourth-order valence-electron chi connectivity index (χ4n) is 3.80. The van der Waals surface area contributed by atoms with Crippen molar-refractivity contribution in [2.24, 2.45) is 5.41 Å². The van der Waals surface area contributed by atoms with E-state index in [0.717, 1.165) is 17.7 Å². The van der Waals surface area contributed by atoms with E-state index in [1.807, 2.05) is 45.7 Å². The van der Waals surface area contributed by atoms with Gasteiger partial charge in [-0.3, -0.25) is 10.2 Å². The maximum Gasteiger partial charge on any atom is 0.256 e. The van der Waals surface area contributed by atoms with Crippen molar-refractivity contribution in [3.8, 4) is 0 Å². The van der Waals surface area contributed by atoms with Crippen molar-refractivity contribution < 1.29 is 14.6 Å². The Morgan fingerprint density at radius 1 is 1.27 bits per heavy atom. The van der Waals surface area contributed by atoms with Crippen LogP contribution in [0.25, 0.3) is 11.0 Å². The van der Waals surface area contributed by atoms with Gasteiger partial charge in [-0.05, 0) is 31.0 Å². The molecule has 4 rings (SSSR count). The number of fused-ring (bicyclic) bond motifs is 1. The van der Waals surface area contributed by atoms with Gasteiger partial charge in [0.05, 0.1) is 18.8 Å². The number of carbonyl (C=O) groups excluding carboxylic acids is 1. The summed E-state index contributed by atoms with van der Waals surface area (Å²) < 4.78 is 5.43. The van der Waals surface area contributed by atoms with Crippen LogP contribution < -0.4 is 15.5 Å². The van der Waals surface area contributed by atoms with Crippen LogP contribution in [-0.2, 0) is 4.74 Å². The van der Waals surface area contributed by atoms with Crippen molar-refractivity contribution in [1.82, 2.24) is 25.3 Å². The van der Waals surface area contributed by atoms with E-state index >= 15 is 0 Å². The standard InChI is InChI=1S/C26H32N8O3/c1-15-6-7-16(24(36)32-21(27)11-20(35)26(2,3)4)10-19(15)34(5)23-22-18(29-14-30-23)12-28-25(33-22)31-17-8-9-37-13-17/h6-7,10-12,14,17,35H,8-9,13H2,1-5H3,(H2,27,32,36)(H,28,31,33)/b20-11-. The molecule has 1 fully saturated rings. The number of rotatable bonds is 6. The average Bonchev–Trinajstić information content (AvgIpc) is 3.35. The Morgan fingerprint density at radius 3 is 2.76 bits per heavy atom. The van der Waals surface area contributed by atoms with Crippen molar-refractivity contribution in [2.75, 3.05) is 30.5 Å². The van der Waals surface area contributed by atoms with Crippen LogP contribution in [0.15, 0.2) is 42.6 Å². The lowest BCUT2D eigenvalue weighted by atomic mass is 9.93. The summed E-state index contributed by atoms with van der Waals surface area (Å²) in [7, 11) is 1.85. The van der Waals surface area contributed by atoms with Gasteiger partial charge in [-0.1, -0.05) is 26.8 Å². The first-order valence-electron chi connectivity index (χ1n) is 12.0. The summed E-state index contributed by atoms with van der Waals surface area (Å²) in [4.78, 5) is 32.6. The summed E-state index contributed by atoms with van der Waals surface area (Å²) in [6.07, 6.45) is 5.24. The third-order valence-corrected chi connectivity index (χ3v) is 6.07. The summed E-state index contributed by atoms with van der Waals surface area (Å²) in [6, 6.07) is 5.40. The first-order chi connectivity index (χ1) is 17.5. The second-order valence-corrected chi connectivity index (χ2v) is 10.0. The summed E-state index contributed by atoms with van der Waals surface area (Å²) >= 11 is 0. The SMILES string of the molecule is Cc1ccc(C(=O)NC(=N)/C=C(\O)C(C)(C)C)cc1N(C)c1ncnc2cnc(NC3CCOC3)nc12. The minimum Gasteiger partial charge on any atom is -0.512 e. The summed E-state index contributed by atoms with van der Waals surface area (Å²) in [5.74, 6) is 0.387. The van der Waals surface area contributed by atoms with Gasteiger partial charge < -0.3 is 25.4 Å². The monoisotopic (exact) mass is 504 g/mol. The van der Waals surface area contributed by atoms with E-state index in [1.165, 1.54) is 12.4 Å². The lowest BCUT2D eigenvalue weighted by Crippen LogP contribution is -2.29. The van der Waals surface area contributed by atoms with Crippen LogP contribution in [0, 0.1) is 17.7 Å². The topological polar surface area (TPSA) is 149 Å². The van der Waals surface area contributed by atoms with E-state index in [1.54, 1.807) is 18.3 Å². The van der Waals surface area contributed by atoms with Crippen LogP contribution in [0.3, 0.4) is 0 Å². The molecular formula is C26H32N8O3. The van der Waals surface area contributed by atoms with Gasteiger partial charge in [-0.25, -0.2) is 19.9 Å². The zero-order valence-corrected chi connectivity index (χ0v) is 21.7. The third-order valence-electron chi connectivity index (χ3n) is 6.07. The number of nitrogens with zero attached hydrogens (tertiary/aromatic N) is 5. The highest BCUT2D eigenvalue weighted by atomic mass is 16.5. The lowest BCUT2D eigenvalue weighted by Gasteiger charge is -2.22. The Morgan fingerprint density at radius 2 is 2.05 bits per heavy atom. The van der Waals surface area contributed by atoms with Crippen molar-refractivity contribution in [1.29, 1.82) is 5.41 Å². The molecule has 0 radical (unpaired) electrons. The molecule has 1 atom stereocenters. The second-order valence-electron chi connectivity index (χ2n) is 10.0. The number of amides is 1. The molecule has 1 aliphatic rings. The minimum absolute atomic E-state index is 0.00840. The third kappa shape index (κ3) is 6.00. The van der Waals surface area contributed by atoms with Crippen molar-refractivity contribution in [3.63, 3.8) is 0 Å². The molecule has 1 saturated heterocycles.